The molecule has 0 unspecified atom stereocenters. The molecule has 2 aromatic heterocycles. The highest BCUT2D eigenvalue weighted by molar-refractivity contribution is 6.37. The quantitative estimate of drug-likeness (QED) is 0.694. The zero-order valence-electron chi connectivity index (χ0n) is 10.6. The van der Waals surface area contributed by atoms with Crippen molar-refractivity contribution in [3.05, 3.63) is 52.0 Å². The molecular formula is C13H11Cl2N3O2. The molecule has 20 heavy (non-hydrogen) atoms. The van der Waals surface area contributed by atoms with Gasteiger partial charge in [0.05, 0.1) is 17.8 Å². The minimum Gasteiger partial charge on any atom is -0.464 e. The third kappa shape index (κ3) is 3.37. The van der Waals surface area contributed by atoms with E-state index in [0.29, 0.717) is 12.2 Å². The van der Waals surface area contributed by atoms with Gasteiger partial charge in [-0.25, -0.2) is 9.78 Å². The van der Waals surface area contributed by atoms with Crippen molar-refractivity contribution in [1.29, 1.82) is 0 Å². The summed E-state index contributed by atoms with van der Waals surface area (Å²) in [4.78, 5) is 19.4. The molecule has 0 radical (unpaired) electrons. The van der Waals surface area contributed by atoms with Gasteiger partial charge < -0.3 is 10.1 Å². The molecule has 0 saturated carbocycles. The highest BCUT2D eigenvalue weighted by atomic mass is 35.5. The van der Waals surface area contributed by atoms with Gasteiger partial charge in [-0.2, -0.15) is 0 Å². The second-order valence-corrected chi connectivity index (χ2v) is 4.63. The van der Waals surface area contributed by atoms with Crippen LogP contribution in [-0.2, 0) is 11.3 Å². The number of carbonyl (C=O) groups is 1. The zero-order valence-corrected chi connectivity index (χ0v) is 12.1. The summed E-state index contributed by atoms with van der Waals surface area (Å²) in [6.07, 6.45) is 3.42. The molecule has 7 heteroatoms. The minimum atomic E-state index is -0.637. The average molecular weight is 312 g/mol. The van der Waals surface area contributed by atoms with Crippen molar-refractivity contribution < 1.29 is 9.53 Å². The lowest BCUT2D eigenvalue weighted by Gasteiger charge is -2.11. The van der Waals surface area contributed by atoms with Crippen molar-refractivity contribution in [1.82, 2.24) is 9.97 Å². The van der Waals surface area contributed by atoms with Crippen LogP contribution in [0.2, 0.25) is 10.2 Å². The van der Waals surface area contributed by atoms with E-state index in [4.69, 9.17) is 23.2 Å². The molecule has 0 aliphatic heterocycles. The fourth-order valence-corrected chi connectivity index (χ4v) is 1.99. The van der Waals surface area contributed by atoms with Gasteiger partial charge in [-0.1, -0.05) is 29.3 Å². The lowest BCUT2D eigenvalue weighted by atomic mass is 10.2. The summed E-state index contributed by atoms with van der Waals surface area (Å²) in [5, 5.41) is 3.41. The number of carbonyl (C=O) groups excluding carboxylic acids is 1. The van der Waals surface area contributed by atoms with Gasteiger partial charge in [0.25, 0.3) is 0 Å². The second-order valence-electron chi connectivity index (χ2n) is 3.86. The molecule has 2 heterocycles. The summed E-state index contributed by atoms with van der Waals surface area (Å²) >= 11 is 12.0. The van der Waals surface area contributed by atoms with Gasteiger partial charge in [0.15, 0.2) is 5.69 Å². The molecule has 0 aliphatic rings. The molecule has 2 rings (SSSR count). The van der Waals surface area contributed by atoms with Crippen molar-refractivity contribution in [2.24, 2.45) is 0 Å². The summed E-state index contributed by atoms with van der Waals surface area (Å²) in [7, 11) is 1.25. The molecule has 0 fully saturated rings. The van der Waals surface area contributed by atoms with Gasteiger partial charge in [0.1, 0.15) is 5.15 Å². The Balaban J connectivity index is 2.23. The van der Waals surface area contributed by atoms with E-state index in [0.717, 1.165) is 5.56 Å². The van der Waals surface area contributed by atoms with Gasteiger partial charge >= 0.3 is 5.97 Å². The zero-order chi connectivity index (χ0) is 14.5. The van der Waals surface area contributed by atoms with E-state index in [1.807, 2.05) is 12.1 Å². The minimum absolute atomic E-state index is 0.0182. The van der Waals surface area contributed by atoms with Gasteiger partial charge in [0.2, 0.25) is 0 Å². The number of nitrogens with one attached hydrogen (secondary N) is 1. The van der Waals surface area contributed by atoms with Crippen LogP contribution in [0.15, 0.2) is 30.6 Å². The number of aromatic nitrogens is 2. The molecule has 0 bridgehead atoms. The average Bonchev–Trinajstić information content (AvgIpc) is 2.48. The Morgan fingerprint density at radius 1 is 1.45 bits per heavy atom. The Morgan fingerprint density at radius 2 is 2.25 bits per heavy atom. The summed E-state index contributed by atoms with van der Waals surface area (Å²) in [5.74, 6) is -0.637. The van der Waals surface area contributed by atoms with Gasteiger partial charge in [-0.15, -0.1) is 0 Å². The highest BCUT2D eigenvalue weighted by Gasteiger charge is 2.17. The third-order valence-electron chi connectivity index (χ3n) is 2.51. The number of hydrogen-bond acceptors (Lipinski definition) is 5. The van der Waals surface area contributed by atoms with Crippen LogP contribution >= 0.6 is 23.2 Å². The van der Waals surface area contributed by atoms with E-state index in [1.165, 1.54) is 7.11 Å². The van der Waals surface area contributed by atoms with Crippen LogP contribution in [0.1, 0.15) is 16.1 Å². The molecule has 0 aromatic carbocycles. The van der Waals surface area contributed by atoms with Gasteiger partial charge in [0, 0.05) is 25.0 Å². The number of pyridine rings is 2. The monoisotopic (exact) mass is 311 g/mol. The maximum Gasteiger partial charge on any atom is 0.358 e. The number of rotatable bonds is 4. The lowest BCUT2D eigenvalue weighted by Crippen LogP contribution is -2.08. The van der Waals surface area contributed by atoms with Gasteiger partial charge in [-0.05, 0) is 11.6 Å². The van der Waals surface area contributed by atoms with E-state index in [1.54, 1.807) is 18.5 Å². The molecule has 2 aromatic rings. The predicted molar refractivity (Wildman–Crippen MR) is 77.2 cm³/mol. The maximum atomic E-state index is 11.5. The van der Waals surface area contributed by atoms with Gasteiger partial charge in [-0.3, -0.25) is 4.98 Å². The molecule has 5 nitrogen and oxygen atoms in total. The highest BCUT2D eigenvalue weighted by Crippen LogP contribution is 2.28. The van der Waals surface area contributed by atoms with Crippen LogP contribution in [0, 0.1) is 0 Å². The van der Waals surface area contributed by atoms with Crippen LogP contribution in [0.25, 0.3) is 0 Å². The Hall–Kier alpha value is -1.85. The third-order valence-corrected chi connectivity index (χ3v) is 3.09. The molecule has 1 N–H and O–H groups in total. The first-order chi connectivity index (χ1) is 9.61. The Labute approximate surface area is 125 Å². The number of esters is 1. The second kappa shape index (κ2) is 6.54. The summed E-state index contributed by atoms with van der Waals surface area (Å²) in [6.45, 7) is 0.495. The van der Waals surface area contributed by atoms with Crippen molar-refractivity contribution in [2.75, 3.05) is 12.4 Å². The first kappa shape index (κ1) is 14.6. The normalized spacial score (nSPS) is 10.2. The SMILES string of the molecule is COC(=O)c1nc(Cl)cc(NCc2cccnc2)c1Cl. The number of halogens is 2. The number of anilines is 1. The van der Waals surface area contributed by atoms with Crippen molar-refractivity contribution in [2.45, 2.75) is 6.54 Å². The number of ether oxygens (including phenoxy) is 1. The molecule has 104 valence electrons. The lowest BCUT2D eigenvalue weighted by molar-refractivity contribution is 0.0594. The first-order valence-electron chi connectivity index (χ1n) is 5.69. The van der Waals surface area contributed by atoms with Crippen LogP contribution in [-0.4, -0.2) is 23.0 Å². The van der Waals surface area contributed by atoms with Crippen LogP contribution < -0.4 is 5.32 Å². The van der Waals surface area contributed by atoms with Crippen LogP contribution in [0.5, 0.6) is 0 Å². The first-order valence-corrected chi connectivity index (χ1v) is 6.44. The maximum absolute atomic E-state index is 11.5. The largest absolute Gasteiger partial charge is 0.464 e. The Bertz CT molecular complexity index is 621. The summed E-state index contributed by atoms with van der Waals surface area (Å²) in [5.41, 5.74) is 1.46. The van der Waals surface area contributed by atoms with Crippen molar-refractivity contribution in [3.63, 3.8) is 0 Å². The predicted octanol–water partition coefficient (Wildman–Crippen LogP) is 3.18. The van der Waals surface area contributed by atoms with E-state index in [2.05, 4.69) is 20.0 Å². The Kier molecular flexibility index (Phi) is 4.76. The fraction of sp³-hybridized carbons (Fsp3) is 0.154. The summed E-state index contributed by atoms with van der Waals surface area (Å²) in [6, 6.07) is 5.29. The molecule has 0 amide bonds. The van der Waals surface area contributed by atoms with E-state index in [9.17, 15) is 4.79 Å². The summed E-state index contributed by atoms with van der Waals surface area (Å²) < 4.78 is 4.61. The molecule has 0 saturated heterocycles. The van der Waals surface area contributed by atoms with Crippen molar-refractivity contribution in [3.8, 4) is 0 Å². The number of methoxy groups -OCH3 is 1. The van der Waals surface area contributed by atoms with Crippen LogP contribution in [0.3, 0.4) is 0 Å². The topological polar surface area (TPSA) is 64.1 Å². The van der Waals surface area contributed by atoms with E-state index in [-0.39, 0.29) is 15.9 Å². The van der Waals surface area contributed by atoms with E-state index >= 15 is 0 Å². The standard InChI is InChI=1S/C13H11Cl2N3O2/c1-20-13(19)12-11(15)9(5-10(14)18-12)17-7-8-3-2-4-16-6-8/h2-6H,7H2,1H3,(H,17,18). The van der Waals surface area contributed by atoms with E-state index < -0.39 is 5.97 Å². The van der Waals surface area contributed by atoms with Crippen LogP contribution in [0.4, 0.5) is 5.69 Å². The fourth-order valence-electron chi connectivity index (χ4n) is 1.56. The smallest absolute Gasteiger partial charge is 0.358 e. The molecular weight excluding hydrogens is 301 g/mol. The van der Waals surface area contributed by atoms with Crippen molar-refractivity contribution >= 4 is 34.9 Å². The number of nitrogens with zero attached hydrogens (tertiary/aromatic N) is 2. The molecule has 0 aliphatic carbocycles. The number of hydrogen-bond donors (Lipinski definition) is 1. The Morgan fingerprint density at radius 3 is 2.90 bits per heavy atom. The molecule has 0 spiro atoms. The molecule has 0 atom stereocenters.